The minimum Gasteiger partial charge on any atom is -0.378 e. The van der Waals surface area contributed by atoms with E-state index in [1.54, 1.807) is 9.58 Å². The molecular weight excluding hydrogens is 337 g/mol. The standard InChI is InChI=1S/C18H22FN5O2/c19-14-10-16(18(25)22-6-8-26-9-7-22)23(11-14)12-17-20-13-21-24(17)15-4-2-1-3-5-15/h1-5,13-14,16H,6-12H2/t14-,16+/m1/s1. The van der Waals surface area contributed by atoms with Crippen LogP contribution in [-0.4, -0.2) is 75.5 Å². The number of carbonyl (C=O) groups is 1. The van der Waals surface area contributed by atoms with Gasteiger partial charge in [-0.2, -0.15) is 5.10 Å². The Hall–Kier alpha value is -2.32. The SMILES string of the molecule is O=C([C@@H]1C[C@@H](F)CN1Cc1ncnn1-c1ccccc1)N1CCOCC1. The molecule has 0 unspecified atom stereocenters. The minimum absolute atomic E-state index is 0.0146. The average molecular weight is 359 g/mol. The molecule has 1 aromatic heterocycles. The van der Waals surface area contributed by atoms with Crippen LogP contribution in [0, 0.1) is 0 Å². The van der Waals surface area contributed by atoms with Crippen LogP contribution in [0.3, 0.4) is 0 Å². The summed E-state index contributed by atoms with van der Waals surface area (Å²) >= 11 is 0. The van der Waals surface area contributed by atoms with E-state index in [0.29, 0.717) is 38.7 Å². The summed E-state index contributed by atoms with van der Waals surface area (Å²) in [5, 5.41) is 4.28. The molecule has 2 aromatic rings. The molecule has 0 radical (unpaired) electrons. The van der Waals surface area contributed by atoms with Crippen LogP contribution in [-0.2, 0) is 16.1 Å². The fraction of sp³-hybridized carbons (Fsp3) is 0.500. The molecule has 1 aromatic carbocycles. The van der Waals surface area contributed by atoms with Crippen LogP contribution in [0.1, 0.15) is 12.2 Å². The van der Waals surface area contributed by atoms with Gasteiger partial charge in [-0.3, -0.25) is 9.69 Å². The Morgan fingerprint density at radius 2 is 2.00 bits per heavy atom. The molecule has 4 rings (SSSR count). The first-order chi connectivity index (χ1) is 12.7. The van der Waals surface area contributed by atoms with Gasteiger partial charge in [-0.15, -0.1) is 0 Å². The number of nitrogens with zero attached hydrogens (tertiary/aromatic N) is 5. The minimum atomic E-state index is -1.00. The highest BCUT2D eigenvalue weighted by Crippen LogP contribution is 2.25. The van der Waals surface area contributed by atoms with Gasteiger partial charge >= 0.3 is 0 Å². The fourth-order valence-electron chi connectivity index (χ4n) is 3.61. The maximum absolute atomic E-state index is 14.1. The second-order valence-electron chi connectivity index (χ2n) is 6.64. The van der Waals surface area contributed by atoms with Crippen LogP contribution in [0.15, 0.2) is 36.7 Å². The Morgan fingerprint density at radius 1 is 1.23 bits per heavy atom. The third kappa shape index (κ3) is 3.47. The van der Waals surface area contributed by atoms with E-state index in [2.05, 4.69) is 10.1 Å². The summed E-state index contributed by atoms with van der Waals surface area (Å²) in [6, 6.07) is 9.22. The largest absolute Gasteiger partial charge is 0.378 e. The molecule has 0 aliphatic carbocycles. The zero-order chi connectivity index (χ0) is 17.9. The molecule has 0 saturated carbocycles. The van der Waals surface area contributed by atoms with Gasteiger partial charge in [0.1, 0.15) is 18.3 Å². The van der Waals surface area contributed by atoms with Gasteiger partial charge in [-0.05, 0) is 12.1 Å². The van der Waals surface area contributed by atoms with Crippen LogP contribution >= 0.6 is 0 Å². The zero-order valence-electron chi connectivity index (χ0n) is 14.5. The van der Waals surface area contributed by atoms with Crippen LogP contribution in [0.4, 0.5) is 4.39 Å². The summed E-state index contributed by atoms with van der Waals surface area (Å²) in [4.78, 5) is 20.8. The predicted octanol–water partition coefficient (Wildman–Crippen LogP) is 1.04. The highest BCUT2D eigenvalue weighted by molar-refractivity contribution is 5.82. The zero-order valence-corrected chi connectivity index (χ0v) is 14.5. The molecule has 2 saturated heterocycles. The highest BCUT2D eigenvalue weighted by Gasteiger charge is 2.39. The number of morpholine rings is 1. The van der Waals surface area contributed by atoms with Crippen molar-refractivity contribution in [1.82, 2.24) is 24.6 Å². The van der Waals surface area contributed by atoms with Crippen LogP contribution in [0.25, 0.3) is 5.69 Å². The van der Waals surface area contributed by atoms with E-state index in [-0.39, 0.29) is 18.9 Å². The molecule has 26 heavy (non-hydrogen) atoms. The van der Waals surface area contributed by atoms with E-state index in [9.17, 15) is 9.18 Å². The lowest BCUT2D eigenvalue weighted by atomic mass is 10.1. The van der Waals surface area contributed by atoms with E-state index in [0.717, 1.165) is 5.69 Å². The molecule has 2 aliphatic heterocycles. The molecule has 3 heterocycles. The number of amides is 1. The lowest BCUT2D eigenvalue weighted by Gasteiger charge is -2.32. The van der Waals surface area contributed by atoms with Crippen molar-refractivity contribution in [2.24, 2.45) is 0 Å². The Bertz CT molecular complexity index is 747. The lowest BCUT2D eigenvalue weighted by Crippen LogP contribution is -2.49. The van der Waals surface area contributed by atoms with Crippen molar-refractivity contribution >= 4 is 5.91 Å². The third-order valence-electron chi connectivity index (χ3n) is 4.92. The Labute approximate surface area is 151 Å². The van der Waals surface area contributed by atoms with E-state index >= 15 is 0 Å². The predicted molar refractivity (Wildman–Crippen MR) is 92.5 cm³/mol. The van der Waals surface area contributed by atoms with Crippen molar-refractivity contribution in [2.45, 2.75) is 25.2 Å². The maximum Gasteiger partial charge on any atom is 0.240 e. The molecule has 2 atom stereocenters. The average Bonchev–Trinajstić information content (AvgIpc) is 3.29. The van der Waals surface area contributed by atoms with Gasteiger partial charge in [-0.1, -0.05) is 18.2 Å². The number of carbonyl (C=O) groups excluding carboxylic acids is 1. The van der Waals surface area contributed by atoms with Gasteiger partial charge in [-0.25, -0.2) is 14.1 Å². The topological polar surface area (TPSA) is 63.5 Å². The lowest BCUT2D eigenvalue weighted by molar-refractivity contribution is -0.140. The number of halogens is 1. The molecule has 2 aliphatic rings. The quantitative estimate of drug-likeness (QED) is 0.816. The van der Waals surface area contributed by atoms with Gasteiger partial charge in [0.15, 0.2) is 0 Å². The molecule has 2 fully saturated rings. The monoisotopic (exact) mass is 359 g/mol. The normalized spacial score (nSPS) is 24.1. The molecule has 0 N–H and O–H groups in total. The number of aromatic nitrogens is 3. The summed E-state index contributed by atoms with van der Waals surface area (Å²) in [6.07, 6.45) is 0.720. The van der Waals surface area contributed by atoms with Gasteiger partial charge < -0.3 is 9.64 Å². The summed E-state index contributed by atoms with van der Waals surface area (Å²) in [6.45, 7) is 2.85. The number of alkyl halides is 1. The Balaban J connectivity index is 1.52. The van der Waals surface area contributed by atoms with E-state index in [1.165, 1.54) is 6.33 Å². The summed E-state index contributed by atoms with van der Waals surface area (Å²) < 4.78 is 21.2. The van der Waals surface area contributed by atoms with Crippen LogP contribution in [0.5, 0.6) is 0 Å². The molecule has 138 valence electrons. The summed E-state index contributed by atoms with van der Waals surface area (Å²) in [5.41, 5.74) is 0.895. The molecule has 7 nitrogen and oxygen atoms in total. The first-order valence-corrected chi connectivity index (χ1v) is 8.91. The van der Waals surface area contributed by atoms with Crippen molar-refractivity contribution < 1.29 is 13.9 Å². The molecule has 8 heteroatoms. The van der Waals surface area contributed by atoms with Gasteiger partial charge in [0.2, 0.25) is 5.91 Å². The van der Waals surface area contributed by atoms with Crippen molar-refractivity contribution in [3.63, 3.8) is 0 Å². The van der Waals surface area contributed by atoms with E-state index in [4.69, 9.17) is 4.74 Å². The molecular formula is C18H22FN5O2. The number of rotatable bonds is 4. The second-order valence-corrected chi connectivity index (χ2v) is 6.64. The first kappa shape index (κ1) is 17.1. The van der Waals surface area contributed by atoms with Gasteiger partial charge in [0, 0.05) is 26.1 Å². The van der Waals surface area contributed by atoms with Crippen LogP contribution < -0.4 is 0 Å². The van der Waals surface area contributed by atoms with Gasteiger partial charge in [0.25, 0.3) is 0 Å². The number of hydrogen-bond acceptors (Lipinski definition) is 5. The number of likely N-dealkylation sites (tertiary alicyclic amines) is 1. The third-order valence-corrected chi connectivity index (χ3v) is 4.92. The number of hydrogen-bond donors (Lipinski definition) is 0. The maximum atomic E-state index is 14.1. The Kier molecular flexibility index (Phi) is 4.94. The molecule has 0 spiro atoms. The van der Waals surface area contributed by atoms with Crippen LogP contribution in [0.2, 0.25) is 0 Å². The number of benzene rings is 1. The van der Waals surface area contributed by atoms with E-state index in [1.807, 2.05) is 35.2 Å². The number of ether oxygens (including phenoxy) is 1. The Morgan fingerprint density at radius 3 is 2.77 bits per heavy atom. The second kappa shape index (κ2) is 7.51. The smallest absolute Gasteiger partial charge is 0.240 e. The van der Waals surface area contributed by atoms with Crippen molar-refractivity contribution in [2.75, 3.05) is 32.8 Å². The van der Waals surface area contributed by atoms with Crippen molar-refractivity contribution in [1.29, 1.82) is 0 Å². The first-order valence-electron chi connectivity index (χ1n) is 8.91. The summed E-state index contributed by atoms with van der Waals surface area (Å²) in [5.74, 6) is 0.685. The van der Waals surface area contributed by atoms with Crippen molar-refractivity contribution in [3.05, 3.63) is 42.5 Å². The van der Waals surface area contributed by atoms with Crippen molar-refractivity contribution in [3.8, 4) is 5.69 Å². The van der Waals surface area contributed by atoms with E-state index < -0.39 is 12.2 Å². The van der Waals surface area contributed by atoms with Gasteiger partial charge in [0.05, 0.1) is 31.5 Å². The highest BCUT2D eigenvalue weighted by atomic mass is 19.1. The molecule has 0 bridgehead atoms. The number of para-hydroxylation sites is 1. The summed E-state index contributed by atoms with van der Waals surface area (Å²) in [7, 11) is 0. The fourth-order valence-corrected chi connectivity index (χ4v) is 3.61. The molecule has 1 amide bonds.